The summed E-state index contributed by atoms with van der Waals surface area (Å²) < 4.78 is 5.30. The molecule has 1 heterocycles. The van der Waals surface area contributed by atoms with E-state index in [0.29, 0.717) is 6.61 Å². The van der Waals surface area contributed by atoms with Gasteiger partial charge in [0, 0.05) is 13.1 Å². The van der Waals surface area contributed by atoms with Crippen molar-refractivity contribution < 1.29 is 4.74 Å². The van der Waals surface area contributed by atoms with Gasteiger partial charge in [0.15, 0.2) is 6.10 Å². The number of rotatable bonds is 6. The summed E-state index contributed by atoms with van der Waals surface area (Å²) in [6.07, 6.45) is 6.38. The predicted molar refractivity (Wildman–Crippen MR) is 60.6 cm³/mol. The number of hydrogen-bond donors (Lipinski definition) is 0. The summed E-state index contributed by atoms with van der Waals surface area (Å²) in [7, 11) is 0. The molecule has 86 valence electrons. The molecule has 0 bridgehead atoms. The van der Waals surface area contributed by atoms with Crippen molar-refractivity contribution >= 4 is 0 Å². The highest BCUT2D eigenvalue weighted by molar-refractivity contribution is 4.89. The lowest BCUT2D eigenvalue weighted by Gasteiger charge is -2.29. The molecule has 0 aromatic carbocycles. The van der Waals surface area contributed by atoms with Crippen LogP contribution in [0.2, 0.25) is 0 Å². The lowest BCUT2D eigenvalue weighted by atomic mass is 10.1. The van der Waals surface area contributed by atoms with Gasteiger partial charge < -0.3 is 4.74 Å². The summed E-state index contributed by atoms with van der Waals surface area (Å²) in [6, 6.07) is 2.18. The Hall–Kier alpha value is -0.590. The Balaban J connectivity index is 2.03. The van der Waals surface area contributed by atoms with Crippen molar-refractivity contribution in [3.05, 3.63) is 0 Å². The zero-order chi connectivity index (χ0) is 10.9. The Morgan fingerprint density at radius 1 is 1.33 bits per heavy atom. The molecule has 1 aliphatic rings. The maximum absolute atomic E-state index is 8.75. The van der Waals surface area contributed by atoms with E-state index in [0.717, 1.165) is 19.6 Å². The fraction of sp³-hybridized carbons (Fsp3) is 0.917. The van der Waals surface area contributed by atoms with Gasteiger partial charge in [-0.2, -0.15) is 5.26 Å². The van der Waals surface area contributed by atoms with E-state index in [1.165, 1.54) is 32.1 Å². The molecule has 0 saturated carbocycles. The van der Waals surface area contributed by atoms with E-state index in [1.54, 1.807) is 0 Å². The van der Waals surface area contributed by atoms with Gasteiger partial charge in [0.05, 0.1) is 12.7 Å². The van der Waals surface area contributed by atoms with E-state index in [1.807, 2.05) is 0 Å². The molecule has 1 aliphatic heterocycles. The smallest absolute Gasteiger partial charge is 0.156 e. The van der Waals surface area contributed by atoms with Crippen molar-refractivity contribution in [1.29, 1.82) is 5.26 Å². The minimum Gasteiger partial charge on any atom is -0.361 e. The van der Waals surface area contributed by atoms with Gasteiger partial charge in [-0.25, -0.2) is 0 Å². The summed E-state index contributed by atoms with van der Waals surface area (Å²) in [5, 5.41) is 8.75. The van der Waals surface area contributed by atoms with Gasteiger partial charge in [-0.3, -0.25) is 4.90 Å². The van der Waals surface area contributed by atoms with Gasteiger partial charge in [0.1, 0.15) is 0 Å². The minimum atomic E-state index is -0.200. The van der Waals surface area contributed by atoms with Gasteiger partial charge in [-0.15, -0.1) is 0 Å². The highest BCUT2D eigenvalue weighted by atomic mass is 16.5. The molecule has 0 aliphatic carbocycles. The second kappa shape index (κ2) is 7.67. The lowest BCUT2D eigenvalue weighted by molar-refractivity contribution is 0.0000367. The number of hydrogen-bond acceptors (Lipinski definition) is 3. The Morgan fingerprint density at radius 3 is 2.87 bits per heavy atom. The highest BCUT2D eigenvalue weighted by Crippen LogP contribution is 2.08. The number of unbranched alkanes of at least 4 members (excludes halogenated alkanes) is 4. The van der Waals surface area contributed by atoms with Crippen LogP contribution in [-0.4, -0.2) is 37.2 Å². The fourth-order valence-electron chi connectivity index (χ4n) is 1.92. The summed E-state index contributed by atoms with van der Waals surface area (Å²) in [6.45, 7) is 5.87. The van der Waals surface area contributed by atoms with E-state index < -0.39 is 0 Å². The van der Waals surface area contributed by atoms with Crippen LogP contribution in [0.25, 0.3) is 0 Å². The summed E-state index contributed by atoms with van der Waals surface area (Å²) in [5.74, 6) is 0. The van der Waals surface area contributed by atoms with Crippen LogP contribution in [0.1, 0.15) is 39.0 Å². The molecule has 3 heteroatoms. The van der Waals surface area contributed by atoms with Crippen LogP contribution in [0, 0.1) is 11.3 Å². The summed E-state index contributed by atoms with van der Waals surface area (Å²) in [4.78, 5) is 2.35. The maximum Gasteiger partial charge on any atom is 0.156 e. The van der Waals surface area contributed by atoms with Gasteiger partial charge in [-0.1, -0.05) is 32.6 Å². The third-order valence-electron chi connectivity index (χ3n) is 2.87. The van der Waals surface area contributed by atoms with Crippen molar-refractivity contribution in [2.75, 3.05) is 26.2 Å². The van der Waals surface area contributed by atoms with Gasteiger partial charge in [-0.05, 0) is 13.0 Å². The first-order valence-corrected chi connectivity index (χ1v) is 6.10. The molecule has 0 spiro atoms. The fourth-order valence-corrected chi connectivity index (χ4v) is 1.92. The molecular weight excluding hydrogens is 188 g/mol. The molecular formula is C12H22N2O. The van der Waals surface area contributed by atoms with Crippen molar-refractivity contribution in [3.63, 3.8) is 0 Å². The van der Waals surface area contributed by atoms with E-state index in [-0.39, 0.29) is 6.10 Å². The SMILES string of the molecule is CCCCCCCN1CCOC(C#N)C1. The number of nitriles is 1. The average Bonchev–Trinajstić information content (AvgIpc) is 2.29. The minimum absolute atomic E-state index is 0.200. The monoisotopic (exact) mass is 210 g/mol. The van der Waals surface area contributed by atoms with Gasteiger partial charge >= 0.3 is 0 Å². The van der Waals surface area contributed by atoms with Crippen molar-refractivity contribution in [2.45, 2.75) is 45.1 Å². The second-order valence-corrected chi connectivity index (χ2v) is 4.20. The number of morpholine rings is 1. The van der Waals surface area contributed by atoms with E-state index in [9.17, 15) is 0 Å². The number of nitrogens with zero attached hydrogens (tertiary/aromatic N) is 2. The molecule has 0 aromatic heterocycles. The Bertz CT molecular complexity index is 200. The second-order valence-electron chi connectivity index (χ2n) is 4.20. The van der Waals surface area contributed by atoms with Crippen LogP contribution < -0.4 is 0 Å². The van der Waals surface area contributed by atoms with Crippen LogP contribution in [0.3, 0.4) is 0 Å². The molecule has 0 radical (unpaired) electrons. The maximum atomic E-state index is 8.75. The molecule has 15 heavy (non-hydrogen) atoms. The molecule has 1 fully saturated rings. The van der Waals surface area contributed by atoms with Crippen molar-refractivity contribution in [2.24, 2.45) is 0 Å². The Morgan fingerprint density at radius 2 is 2.13 bits per heavy atom. The number of ether oxygens (including phenoxy) is 1. The Kier molecular flexibility index (Phi) is 6.38. The normalized spacial score (nSPS) is 22.5. The van der Waals surface area contributed by atoms with E-state index >= 15 is 0 Å². The largest absolute Gasteiger partial charge is 0.361 e. The van der Waals surface area contributed by atoms with Crippen LogP contribution in [0.5, 0.6) is 0 Å². The summed E-state index contributed by atoms with van der Waals surface area (Å²) >= 11 is 0. The van der Waals surface area contributed by atoms with Gasteiger partial charge in [0.2, 0.25) is 0 Å². The van der Waals surface area contributed by atoms with E-state index in [4.69, 9.17) is 10.00 Å². The third kappa shape index (κ3) is 5.15. The molecule has 1 saturated heterocycles. The zero-order valence-corrected chi connectivity index (χ0v) is 9.74. The van der Waals surface area contributed by atoms with Crippen molar-refractivity contribution in [3.8, 4) is 6.07 Å². The lowest BCUT2D eigenvalue weighted by Crippen LogP contribution is -2.42. The van der Waals surface area contributed by atoms with Crippen LogP contribution in [0.4, 0.5) is 0 Å². The van der Waals surface area contributed by atoms with Crippen molar-refractivity contribution in [1.82, 2.24) is 4.90 Å². The standard InChI is InChI=1S/C12H22N2O/c1-2-3-4-5-6-7-14-8-9-15-12(10-13)11-14/h12H,2-9,11H2,1H3. The van der Waals surface area contributed by atoms with Crippen LogP contribution >= 0.6 is 0 Å². The first-order chi connectivity index (χ1) is 7.36. The quantitative estimate of drug-likeness (QED) is 0.630. The van der Waals surface area contributed by atoms with E-state index in [2.05, 4.69) is 17.9 Å². The Labute approximate surface area is 93.0 Å². The van der Waals surface area contributed by atoms with Gasteiger partial charge in [0.25, 0.3) is 0 Å². The molecule has 3 nitrogen and oxygen atoms in total. The highest BCUT2D eigenvalue weighted by Gasteiger charge is 2.18. The average molecular weight is 210 g/mol. The predicted octanol–water partition coefficient (Wildman–Crippen LogP) is 2.18. The molecule has 1 unspecified atom stereocenters. The topological polar surface area (TPSA) is 36.3 Å². The molecule has 1 rings (SSSR count). The first-order valence-electron chi connectivity index (χ1n) is 6.10. The first kappa shape index (κ1) is 12.5. The zero-order valence-electron chi connectivity index (χ0n) is 9.74. The molecule has 1 atom stereocenters. The summed E-state index contributed by atoms with van der Waals surface area (Å²) in [5.41, 5.74) is 0. The molecule has 0 amide bonds. The van der Waals surface area contributed by atoms with Crippen LogP contribution in [-0.2, 0) is 4.74 Å². The van der Waals surface area contributed by atoms with Crippen LogP contribution in [0.15, 0.2) is 0 Å². The molecule has 0 aromatic rings. The molecule has 0 N–H and O–H groups in total. The third-order valence-corrected chi connectivity index (χ3v) is 2.87.